The second-order valence-corrected chi connectivity index (χ2v) is 4.23. The Hall–Kier alpha value is -1.81. The fraction of sp³-hybridized carbons (Fsp3) is 0.231. The first-order valence-electron chi connectivity index (χ1n) is 5.54. The van der Waals surface area contributed by atoms with Gasteiger partial charge in [0.25, 0.3) is 0 Å². The summed E-state index contributed by atoms with van der Waals surface area (Å²) in [6.07, 6.45) is 3.44. The Labute approximate surface area is 111 Å². The summed E-state index contributed by atoms with van der Waals surface area (Å²) in [5, 5.41) is 3.85. The number of hydrogen-bond acceptors (Lipinski definition) is 4. The maximum atomic E-state index is 6.16. The summed E-state index contributed by atoms with van der Waals surface area (Å²) in [4.78, 5) is 8.26. The van der Waals surface area contributed by atoms with E-state index in [1.165, 1.54) is 0 Å². The summed E-state index contributed by atoms with van der Waals surface area (Å²) in [6.45, 7) is 2.57. The summed E-state index contributed by atoms with van der Waals surface area (Å²) < 4.78 is 5.07. The largest absolute Gasteiger partial charge is 0.481 e. The standard InChI is InChI=1S/C13H14ClN3O/c1-9-3-5-16-13(12(9)14)17-8-10-4-6-15-11(7-10)18-2/h3-7H,8H2,1-2H3,(H,16,17). The first-order chi connectivity index (χ1) is 8.70. The van der Waals surface area contributed by atoms with Gasteiger partial charge in [-0.3, -0.25) is 0 Å². The number of methoxy groups -OCH3 is 1. The molecule has 5 heteroatoms. The van der Waals surface area contributed by atoms with Crippen molar-refractivity contribution in [1.82, 2.24) is 9.97 Å². The van der Waals surface area contributed by atoms with Crippen LogP contribution in [0.2, 0.25) is 5.02 Å². The van der Waals surface area contributed by atoms with E-state index in [1.54, 1.807) is 19.5 Å². The van der Waals surface area contributed by atoms with Gasteiger partial charge in [0.15, 0.2) is 0 Å². The van der Waals surface area contributed by atoms with Crippen LogP contribution in [-0.2, 0) is 6.54 Å². The van der Waals surface area contributed by atoms with E-state index >= 15 is 0 Å². The first-order valence-corrected chi connectivity index (χ1v) is 5.92. The van der Waals surface area contributed by atoms with Crippen LogP contribution >= 0.6 is 11.6 Å². The van der Waals surface area contributed by atoms with Gasteiger partial charge in [0.1, 0.15) is 5.82 Å². The zero-order valence-corrected chi connectivity index (χ0v) is 11.0. The van der Waals surface area contributed by atoms with Gasteiger partial charge < -0.3 is 10.1 Å². The maximum Gasteiger partial charge on any atom is 0.213 e. The predicted molar refractivity (Wildman–Crippen MR) is 72.1 cm³/mol. The minimum absolute atomic E-state index is 0.595. The number of nitrogens with one attached hydrogen (secondary N) is 1. The Morgan fingerprint density at radius 1 is 1.28 bits per heavy atom. The molecule has 18 heavy (non-hydrogen) atoms. The molecule has 0 aliphatic heterocycles. The highest BCUT2D eigenvalue weighted by atomic mass is 35.5. The number of ether oxygens (including phenoxy) is 1. The van der Waals surface area contributed by atoms with Gasteiger partial charge in [0.05, 0.1) is 12.1 Å². The molecule has 0 spiro atoms. The Morgan fingerprint density at radius 2 is 2.06 bits per heavy atom. The molecule has 0 fully saturated rings. The van der Waals surface area contributed by atoms with E-state index in [1.807, 2.05) is 25.1 Å². The molecule has 0 aromatic carbocycles. The number of anilines is 1. The fourth-order valence-corrected chi connectivity index (χ4v) is 1.70. The molecule has 2 aromatic heterocycles. The third kappa shape index (κ3) is 2.90. The van der Waals surface area contributed by atoms with Crippen molar-refractivity contribution in [2.75, 3.05) is 12.4 Å². The number of hydrogen-bond donors (Lipinski definition) is 1. The van der Waals surface area contributed by atoms with Crippen molar-refractivity contribution in [3.05, 3.63) is 46.7 Å². The molecule has 1 N–H and O–H groups in total. The first kappa shape index (κ1) is 12.6. The Kier molecular flexibility index (Phi) is 3.99. The van der Waals surface area contributed by atoms with Crippen molar-refractivity contribution in [3.8, 4) is 5.88 Å². The maximum absolute atomic E-state index is 6.16. The molecule has 0 bridgehead atoms. The molecule has 0 atom stereocenters. The quantitative estimate of drug-likeness (QED) is 0.921. The predicted octanol–water partition coefficient (Wildman–Crippen LogP) is 3.06. The Balaban J connectivity index is 2.09. The van der Waals surface area contributed by atoms with E-state index in [0.29, 0.717) is 23.3 Å². The van der Waals surface area contributed by atoms with Gasteiger partial charge in [-0.05, 0) is 30.2 Å². The lowest BCUT2D eigenvalue weighted by molar-refractivity contribution is 0.397. The minimum atomic E-state index is 0.595. The lowest BCUT2D eigenvalue weighted by atomic mass is 10.2. The molecular formula is C13H14ClN3O. The number of halogens is 1. The van der Waals surface area contributed by atoms with Crippen molar-refractivity contribution < 1.29 is 4.74 Å². The molecule has 0 radical (unpaired) electrons. The highest BCUT2D eigenvalue weighted by Crippen LogP contribution is 2.23. The van der Waals surface area contributed by atoms with Gasteiger partial charge in [0, 0.05) is 25.0 Å². The van der Waals surface area contributed by atoms with E-state index < -0.39 is 0 Å². The summed E-state index contributed by atoms with van der Waals surface area (Å²) >= 11 is 6.16. The molecule has 0 amide bonds. The lowest BCUT2D eigenvalue weighted by Crippen LogP contribution is -2.03. The average Bonchev–Trinajstić information content (AvgIpc) is 2.41. The normalized spacial score (nSPS) is 10.2. The number of pyridine rings is 2. The van der Waals surface area contributed by atoms with E-state index in [4.69, 9.17) is 16.3 Å². The van der Waals surface area contributed by atoms with E-state index in [2.05, 4.69) is 15.3 Å². The second-order valence-electron chi connectivity index (χ2n) is 3.85. The topological polar surface area (TPSA) is 47.0 Å². The van der Waals surface area contributed by atoms with Crippen molar-refractivity contribution >= 4 is 17.4 Å². The summed E-state index contributed by atoms with van der Waals surface area (Å²) in [6, 6.07) is 5.67. The lowest BCUT2D eigenvalue weighted by Gasteiger charge is -2.09. The minimum Gasteiger partial charge on any atom is -0.481 e. The Morgan fingerprint density at radius 3 is 2.83 bits per heavy atom. The third-order valence-electron chi connectivity index (χ3n) is 2.55. The molecule has 0 aliphatic carbocycles. The summed E-state index contributed by atoms with van der Waals surface area (Å²) in [5.41, 5.74) is 2.06. The third-order valence-corrected chi connectivity index (χ3v) is 3.03. The van der Waals surface area contributed by atoms with E-state index in [-0.39, 0.29) is 0 Å². The molecular weight excluding hydrogens is 250 g/mol. The second kappa shape index (κ2) is 5.69. The van der Waals surface area contributed by atoms with Crippen LogP contribution in [0.15, 0.2) is 30.6 Å². The van der Waals surface area contributed by atoms with Crippen molar-refractivity contribution in [2.45, 2.75) is 13.5 Å². The fourth-order valence-electron chi connectivity index (χ4n) is 1.52. The smallest absolute Gasteiger partial charge is 0.213 e. The van der Waals surface area contributed by atoms with Crippen molar-refractivity contribution in [1.29, 1.82) is 0 Å². The van der Waals surface area contributed by atoms with Crippen LogP contribution in [0.5, 0.6) is 5.88 Å². The molecule has 2 rings (SSSR count). The van der Waals surface area contributed by atoms with Crippen LogP contribution < -0.4 is 10.1 Å². The summed E-state index contributed by atoms with van der Waals surface area (Å²) in [5.74, 6) is 1.28. The van der Waals surface area contributed by atoms with Crippen LogP contribution in [0.3, 0.4) is 0 Å². The highest BCUT2D eigenvalue weighted by Gasteiger charge is 2.04. The van der Waals surface area contributed by atoms with Gasteiger partial charge in [-0.1, -0.05) is 11.6 Å². The zero-order chi connectivity index (χ0) is 13.0. The molecule has 2 heterocycles. The van der Waals surface area contributed by atoms with Gasteiger partial charge in [-0.2, -0.15) is 0 Å². The van der Waals surface area contributed by atoms with Crippen LogP contribution in [-0.4, -0.2) is 17.1 Å². The SMILES string of the molecule is COc1cc(CNc2nccc(C)c2Cl)ccn1. The molecule has 94 valence electrons. The van der Waals surface area contributed by atoms with E-state index in [9.17, 15) is 0 Å². The van der Waals surface area contributed by atoms with Crippen molar-refractivity contribution in [3.63, 3.8) is 0 Å². The van der Waals surface area contributed by atoms with Crippen LogP contribution in [0, 0.1) is 6.92 Å². The van der Waals surface area contributed by atoms with Gasteiger partial charge in [0.2, 0.25) is 5.88 Å². The van der Waals surface area contributed by atoms with Gasteiger partial charge in [-0.25, -0.2) is 9.97 Å². The number of rotatable bonds is 4. The van der Waals surface area contributed by atoms with Crippen LogP contribution in [0.25, 0.3) is 0 Å². The molecule has 0 saturated carbocycles. The number of aryl methyl sites for hydroxylation is 1. The highest BCUT2D eigenvalue weighted by molar-refractivity contribution is 6.33. The molecule has 0 unspecified atom stereocenters. The summed E-state index contributed by atoms with van der Waals surface area (Å²) in [7, 11) is 1.60. The Bertz CT molecular complexity index is 546. The monoisotopic (exact) mass is 263 g/mol. The molecule has 2 aromatic rings. The van der Waals surface area contributed by atoms with Crippen LogP contribution in [0.4, 0.5) is 5.82 Å². The van der Waals surface area contributed by atoms with Gasteiger partial charge >= 0.3 is 0 Å². The zero-order valence-electron chi connectivity index (χ0n) is 10.3. The molecule has 0 aliphatic rings. The van der Waals surface area contributed by atoms with Crippen LogP contribution in [0.1, 0.15) is 11.1 Å². The number of nitrogens with zero attached hydrogens (tertiary/aromatic N) is 2. The molecule has 0 saturated heterocycles. The molecule has 4 nitrogen and oxygen atoms in total. The van der Waals surface area contributed by atoms with Gasteiger partial charge in [-0.15, -0.1) is 0 Å². The van der Waals surface area contributed by atoms with E-state index in [0.717, 1.165) is 11.1 Å². The van der Waals surface area contributed by atoms with Crippen molar-refractivity contribution in [2.24, 2.45) is 0 Å². The number of aromatic nitrogens is 2. The average molecular weight is 264 g/mol.